The molecule has 5 heteroatoms. The van der Waals surface area contributed by atoms with E-state index < -0.39 is 5.97 Å². The molecule has 1 aliphatic heterocycles. The zero-order chi connectivity index (χ0) is 13.7. The summed E-state index contributed by atoms with van der Waals surface area (Å²) in [6.45, 7) is 3.73. The Bertz CT molecular complexity index is 430. The van der Waals surface area contributed by atoms with Crippen molar-refractivity contribution in [1.29, 1.82) is 0 Å². The molecule has 1 unspecified atom stereocenters. The standard InChI is InChI=1S/C14H20N2O3/c1-10-2-5-15-13(8-10)16-9-12(14(17)18)11-3-6-19-7-4-11/h2,5,8,11-12H,3-4,6-7,9H2,1H3,(H,15,16)(H,17,18). The quantitative estimate of drug-likeness (QED) is 0.850. The van der Waals surface area contributed by atoms with Gasteiger partial charge in [0.2, 0.25) is 0 Å². The van der Waals surface area contributed by atoms with Crippen molar-refractivity contribution < 1.29 is 14.6 Å². The number of carboxylic acids is 1. The van der Waals surface area contributed by atoms with Gasteiger partial charge in [0.05, 0.1) is 5.92 Å². The molecule has 0 aliphatic carbocycles. The molecule has 104 valence electrons. The number of aromatic nitrogens is 1. The van der Waals surface area contributed by atoms with Crippen LogP contribution in [-0.4, -0.2) is 35.8 Å². The second-order valence-electron chi connectivity index (χ2n) is 4.99. The van der Waals surface area contributed by atoms with Gasteiger partial charge >= 0.3 is 5.97 Å². The van der Waals surface area contributed by atoms with E-state index in [9.17, 15) is 9.90 Å². The number of hydrogen-bond acceptors (Lipinski definition) is 4. The summed E-state index contributed by atoms with van der Waals surface area (Å²) < 4.78 is 5.28. The van der Waals surface area contributed by atoms with E-state index in [1.165, 1.54) is 0 Å². The van der Waals surface area contributed by atoms with Crippen molar-refractivity contribution >= 4 is 11.8 Å². The molecule has 0 saturated carbocycles. The summed E-state index contributed by atoms with van der Waals surface area (Å²) in [5.41, 5.74) is 1.11. The summed E-state index contributed by atoms with van der Waals surface area (Å²) in [7, 11) is 0. The third kappa shape index (κ3) is 3.92. The lowest BCUT2D eigenvalue weighted by Crippen LogP contribution is -2.34. The number of carbonyl (C=O) groups is 1. The maximum atomic E-state index is 11.4. The summed E-state index contributed by atoms with van der Waals surface area (Å²) in [5.74, 6) is -0.208. The Hall–Kier alpha value is -1.62. The lowest BCUT2D eigenvalue weighted by molar-refractivity contribution is -0.144. The molecule has 2 rings (SSSR count). The molecule has 1 aromatic heterocycles. The topological polar surface area (TPSA) is 71.5 Å². The van der Waals surface area contributed by atoms with Crippen molar-refractivity contribution in [1.82, 2.24) is 4.98 Å². The molecule has 0 spiro atoms. The Kier molecular flexibility index (Phi) is 4.74. The number of anilines is 1. The smallest absolute Gasteiger partial charge is 0.308 e. The number of ether oxygens (including phenoxy) is 1. The van der Waals surface area contributed by atoms with Crippen molar-refractivity contribution in [3.05, 3.63) is 23.9 Å². The highest BCUT2D eigenvalue weighted by Gasteiger charge is 2.29. The van der Waals surface area contributed by atoms with Gasteiger partial charge in [0, 0.05) is 26.0 Å². The van der Waals surface area contributed by atoms with Crippen LogP contribution in [0.25, 0.3) is 0 Å². The highest BCUT2D eigenvalue weighted by Crippen LogP contribution is 2.24. The summed E-state index contributed by atoms with van der Waals surface area (Å²) in [5, 5.41) is 12.5. The Morgan fingerprint density at radius 2 is 2.32 bits per heavy atom. The van der Waals surface area contributed by atoms with E-state index in [2.05, 4.69) is 10.3 Å². The first-order chi connectivity index (χ1) is 9.16. The Balaban J connectivity index is 1.95. The summed E-state index contributed by atoms with van der Waals surface area (Å²) in [4.78, 5) is 15.6. The van der Waals surface area contributed by atoms with Crippen LogP contribution in [0.4, 0.5) is 5.82 Å². The molecule has 5 nitrogen and oxygen atoms in total. The zero-order valence-corrected chi connectivity index (χ0v) is 11.1. The molecule has 1 aromatic rings. The second kappa shape index (κ2) is 6.52. The average Bonchev–Trinajstić information content (AvgIpc) is 2.40. The van der Waals surface area contributed by atoms with Gasteiger partial charge in [-0.05, 0) is 43.4 Å². The van der Waals surface area contributed by atoms with E-state index in [0.29, 0.717) is 19.8 Å². The highest BCUT2D eigenvalue weighted by atomic mass is 16.5. The number of nitrogens with zero attached hydrogens (tertiary/aromatic N) is 1. The van der Waals surface area contributed by atoms with Crippen molar-refractivity contribution in [2.45, 2.75) is 19.8 Å². The van der Waals surface area contributed by atoms with Gasteiger partial charge in [-0.2, -0.15) is 0 Å². The van der Waals surface area contributed by atoms with E-state index in [1.54, 1.807) is 6.20 Å². The van der Waals surface area contributed by atoms with Crippen molar-refractivity contribution in [3.8, 4) is 0 Å². The minimum atomic E-state index is -0.743. The van der Waals surface area contributed by atoms with Crippen LogP contribution in [0.3, 0.4) is 0 Å². The van der Waals surface area contributed by atoms with Crippen LogP contribution < -0.4 is 5.32 Å². The van der Waals surface area contributed by atoms with Crippen LogP contribution in [-0.2, 0) is 9.53 Å². The fraction of sp³-hybridized carbons (Fsp3) is 0.571. The number of aliphatic carboxylic acids is 1. The van der Waals surface area contributed by atoms with E-state index in [1.807, 2.05) is 19.1 Å². The van der Waals surface area contributed by atoms with Crippen molar-refractivity contribution in [3.63, 3.8) is 0 Å². The van der Waals surface area contributed by atoms with Gasteiger partial charge in [-0.25, -0.2) is 4.98 Å². The van der Waals surface area contributed by atoms with Gasteiger partial charge in [0.25, 0.3) is 0 Å². The van der Waals surface area contributed by atoms with Crippen LogP contribution in [0, 0.1) is 18.8 Å². The minimum absolute atomic E-state index is 0.184. The van der Waals surface area contributed by atoms with E-state index in [-0.39, 0.29) is 11.8 Å². The summed E-state index contributed by atoms with van der Waals surface area (Å²) in [6, 6.07) is 3.83. The normalized spacial score (nSPS) is 17.9. The largest absolute Gasteiger partial charge is 0.481 e. The molecule has 19 heavy (non-hydrogen) atoms. The fourth-order valence-corrected chi connectivity index (χ4v) is 2.42. The molecular weight excluding hydrogens is 244 g/mol. The molecule has 0 radical (unpaired) electrons. The van der Waals surface area contributed by atoms with E-state index in [4.69, 9.17) is 4.74 Å². The van der Waals surface area contributed by atoms with Gasteiger partial charge in [-0.15, -0.1) is 0 Å². The number of hydrogen-bond donors (Lipinski definition) is 2. The molecule has 1 saturated heterocycles. The lowest BCUT2D eigenvalue weighted by Gasteiger charge is -2.27. The zero-order valence-electron chi connectivity index (χ0n) is 11.1. The predicted molar refractivity (Wildman–Crippen MR) is 72.1 cm³/mol. The van der Waals surface area contributed by atoms with Gasteiger partial charge in [-0.1, -0.05) is 0 Å². The molecule has 1 fully saturated rings. The number of pyridine rings is 1. The molecule has 0 aromatic carbocycles. The molecule has 1 aliphatic rings. The van der Waals surface area contributed by atoms with Gasteiger partial charge in [0.15, 0.2) is 0 Å². The molecule has 2 N–H and O–H groups in total. The lowest BCUT2D eigenvalue weighted by atomic mass is 9.86. The molecular formula is C14H20N2O3. The van der Waals surface area contributed by atoms with Crippen LogP contribution in [0.5, 0.6) is 0 Å². The number of aryl methyl sites for hydroxylation is 1. The molecule has 0 amide bonds. The fourth-order valence-electron chi connectivity index (χ4n) is 2.42. The summed E-state index contributed by atoms with van der Waals surface area (Å²) >= 11 is 0. The second-order valence-corrected chi connectivity index (χ2v) is 4.99. The monoisotopic (exact) mass is 264 g/mol. The molecule has 1 atom stereocenters. The average molecular weight is 264 g/mol. The van der Waals surface area contributed by atoms with Gasteiger partial charge in [0.1, 0.15) is 5.82 Å². The Morgan fingerprint density at radius 1 is 1.58 bits per heavy atom. The third-order valence-electron chi connectivity index (χ3n) is 3.57. The minimum Gasteiger partial charge on any atom is -0.481 e. The van der Waals surface area contributed by atoms with E-state index in [0.717, 1.165) is 24.2 Å². The van der Waals surface area contributed by atoms with E-state index >= 15 is 0 Å². The maximum absolute atomic E-state index is 11.4. The van der Waals surface area contributed by atoms with Crippen LogP contribution >= 0.6 is 0 Å². The number of carboxylic acid groups (broad SMARTS) is 1. The molecule has 2 heterocycles. The maximum Gasteiger partial charge on any atom is 0.308 e. The first kappa shape index (κ1) is 13.8. The Morgan fingerprint density at radius 3 is 2.95 bits per heavy atom. The van der Waals surface area contributed by atoms with Crippen LogP contribution in [0.1, 0.15) is 18.4 Å². The SMILES string of the molecule is Cc1ccnc(NCC(C(=O)O)C2CCOCC2)c1. The van der Waals surface area contributed by atoms with Crippen molar-refractivity contribution in [2.75, 3.05) is 25.1 Å². The van der Waals surface area contributed by atoms with Gasteiger partial charge < -0.3 is 15.2 Å². The Labute approximate surface area is 113 Å². The highest BCUT2D eigenvalue weighted by molar-refractivity contribution is 5.71. The van der Waals surface area contributed by atoms with Crippen LogP contribution in [0.2, 0.25) is 0 Å². The first-order valence-corrected chi connectivity index (χ1v) is 6.64. The predicted octanol–water partition coefficient (Wildman–Crippen LogP) is 1.93. The summed E-state index contributed by atoms with van der Waals surface area (Å²) in [6.07, 6.45) is 3.36. The third-order valence-corrected chi connectivity index (χ3v) is 3.57. The van der Waals surface area contributed by atoms with Gasteiger partial charge in [-0.3, -0.25) is 4.79 Å². The van der Waals surface area contributed by atoms with Crippen LogP contribution in [0.15, 0.2) is 18.3 Å². The van der Waals surface area contributed by atoms with Crippen molar-refractivity contribution in [2.24, 2.45) is 11.8 Å². The number of nitrogens with one attached hydrogen (secondary N) is 1. The first-order valence-electron chi connectivity index (χ1n) is 6.64. The number of rotatable bonds is 5. The molecule has 0 bridgehead atoms.